The molecule has 2 nitrogen and oxygen atoms in total. The molecule has 2 heteroatoms. The number of carboxylic acids is 1. The van der Waals surface area contributed by atoms with E-state index in [1.54, 1.807) is 0 Å². The lowest BCUT2D eigenvalue weighted by Gasteiger charge is -2.56. The molecule has 122 valence electrons. The van der Waals surface area contributed by atoms with Gasteiger partial charge in [0.05, 0.1) is 0 Å². The summed E-state index contributed by atoms with van der Waals surface area (Å²) in [5.41, 5.74) is 2.14. The van der Waals surface area contributed by atoms with Crippen LogP contribution in [0.5, 0.6) is 0 Å². The second-order valence-corrected chi connectivity index (χ2v) is 8.04. The second-order valence-electron chi connectivity index (χ2n) is 8.04. The van der Waals surface area contributed by atoms with Gasteiger partial charge in [-0.15, -0.1) is 0 Å². The molecule has 3 atom stereocenters. The first-order chi connectivity index (χ1) is 10.2. The van der Waals surface area contributed by atoms with E-state index in [1.807, 2.05) is 19.1 Å². The van der Waals surface area contributed by atoms with Gasteiger partial charge in [-0.1, -0.05) is 57.6 Å². The van der Waals surface area contributed by atoms with Gasteiger partial charge in [0.15, 0.2) is 0 Å². The van der Waals surface area contributed by atoms with Crippen molar-refractivity contribution in [3.63, 3.8) is 0 Å². The summed E-state index contributed by atoms with van der Waals surface area (Å²) in [5, 5.41) is 9.66. The van der Waals surface area contributed by atoms with Gasteiger partial charge >= 0.3 is 5.97 Å². The van der Waals surface area contributed by atoms with E-state index in [2.05, 4.69) is 33.4 Å². The van der Waals surface area contributed by atoms with Crippen molar-refractivity contribution in [3.8, 4) is 0 Å². The SMILES string of the molecule is C=C/C(C)=C/C[C@H]1C(C(=O)O)=CC[C@H]2C(C)(C)CCC[C@]12C. The third-order valence-corrected chi connectivity index (χ3v) is 6.27. The maximum absolute atomic E-state index is 11.7. The Morgan fingerprint density at radius 2 is 2.09 bits per heavy atom. The molecule has 2 aliphatic rings. The summed E-state index contributed by atoms with van der Waals surface area (Å²) >= 11 is 0. The molecule has 0 bridgehead atoms. The van der Waals surface area contributed by atoms with Gasteiger partial charge in [0.25, 0.3) is 0 Å². The molecule has 0 amide bonds. The van der Waals surface area contributed by atoms with Crippen LogP contribution in [0.25, 0.3) is 0 Å². The number of hydrogen-bond acceptors (Lipinski definition) is 1. The standard InChI is InChI=1S/C20H30O2/c1-6-14(2)8-10-16-15(18(21)22)9-11-17-19(3,4)12-7-13-20(16,17)5/h6,8-9,16-17H,1,7,10-13H2,2-5H3,(H,21,22)/b14-8+/t16-,17-,20+/m0/s1. The van der Waals surface area contributed by atoms with E-state index >= 15 is 0 Å². The Hall–Kier alpha value is -1.31. The van der Waals surface area contributed by atoms with Crippen molar-refractivity contribution in [1.29, 1.82) is 0 Å². The normalized spacial score (nSPS) is 34.5. The van der Waals surface area contributed by atoms with Crippen molar-refractivity contribution in [2.24, 2.45) is 22.7 Å². The Morgan fingerprint density at radius 1 is 1.41 bits per heavy atom. The highest BCUT2D eigenvalue weighted by Crippen LogP contribution is 2.60. The molecular weight excluding hydrogens is 272 g/mol. The zero-order valence-electron chi connectivity index (χ0n) is 14.5. The highest BCUT2D eigenvalue weighted by atomic mass is 16.4. The summed E-state index contributed by atoms with van der Waals surface area (Å²) in [4.78, 5) is 11.7. The van der Waals surface area contributed by atoms with Crippen LogP contribution < -0.4 is 0 Å². The van der Waals surface area contributed by atoms with Gasteiger partial charge in [-0.25, -0.2) is 4.79 Å². The fraction of sp³-hybridized carbons (Fsp3) is 0.650. The highest BCUT2D eigenvalue weighted by molar-refractivity contribution is 5.87. The third-order valence-electron chi connectivity index (χ3n) is 6.27. The van der Waals surface area contributed by atoms with E-state index in [0.717, 1.165) is 24.8 Å². The van der Waals surface area contributed by atoms with Crippen molar-refractivity contribution in [2.75, 3.05) is 0 Å². The van der Waals surface area contributed by atoms with E-state index in [9.17, 15) is 9.90 Å². The van der Waals surface area contributed by atoms with Gasteiger partial charge in [0, 0.05) is 5.57 Å². The van der Waals surface area contributed by atoms with Gasteiger partial charge in [-0.3, -0.25) is 0 Å². The Bertz CT molecular complexity index is 524. The molecule has 2 aliphatic carbocycles. The molecule has 0 aromatic rings. The molecule has 1 saturated carbocycles. The molecule has 0 aromatic heterocycles. The van der Waals surface area contributed by atoms with Crippen molar-refractivity contribution < 1.29 is 9.90 Å². The van der Waals surface area contributed by atoms with E-state index < -0.39 is 5.97 Å². The van der Waals surface area contributed by atoms with Crippen molar-refractivity contribution in [2.45, 2.75) is 59.8 Å². The van der Waals surface area contributed by atoms with E-state index in [-0.39, 0.29) is 11.3 Å². The molecular formula is C20H30O2. The Balaban J connectivity index is 2.43. The lowest BCUT2D eigenvalue weighted by molar-refractivity contribution is -0.135. The minimum atomic E-state index is -0.738. The van der Waals surface area contributed by atoms with Gasteiger partial charge in [-0.2, -0.15) is 0 Å². The Labute approximate surface area is 135 Å². The zero-order chi connectivity index (χ0) is 16.5. The average Bonchev–Trinajstić information content (AvgIpc) is 2.43. The van der Waals surface area contributed by atoms with Gasteiger partial charge < -0.3 is 5.11 Å². The number of hydrogen-bond donors (Lipinski definition) is 1. The molecule has 0 radical (unpaired) electrons. The van der Waals surface area contributed by atoms with Crippen LogP contribution in [0.15, 0.2) is 36.0 Å². The lowest BCUT2D eigenvalue weighted by atomic mass is 9.48. The Morgan fingerprint density at radius 3 is 2.68 bits per heavy atom. The van der Waals surface area contributed by atoms with Crippen molar-refractivity contribution in [1.82, 2.24) is 0 Å². The van der Waals surface area contributed by atoms with Crippen LogP contribution in [0.2, 0.25) is 0 Å². The van der Waals surface area contributed by atoms with Gasteiger partial charge in [0.1, 0.15) is 0 Å². The molecule has 0 heterocycles. The van der Waals surface area contributed by atoms with Crippen LogP contribution in [-0.4, -0.2) is 11.1 Å². The topological polar surface area (TPSA) is 37.3 Å². The number of aliphatic carboxylic acids is 1. The summed E-state index contributed by atoms with van der Waals surface area (Å²) in [6.07, 6.45) is 11.3. The molecule has 0 unspecified atom stereocenters. The van der Waals surface area contributed by atoms with Crippen LogP contribution in [0.3, 0.4) is 0 Å². The summed E-state index contributed by atoms with van der Waals surface area (Å²) in [6.45, 7) is 12.9. The van der Waals surface area contributed by atoms with E-state index in [4.69, 9.17) is 0 Å². The number of fused-ring (bicyclic) bond motifs is 1. The van der Waals surface area contributed by atoms with Crippen LogP contribution >= 0.6 is 0 Å². The molecule has 1 N–H and O–H groups in total. The minimum Gasteiger partial charge on any atom is -0.478 e. The zero-order valence-corrected chi connectivity index (χ0v) is 14.5. The molecule has 0 aromatic carbocycles. The smallest absolute Gasteiger partial charge is 0.331 e. The number of carboxylic acid groups (broad SMARTS) is 1. The summed E-state index contributed by atoms with van der Waals surface area (Å²) < 4.78 is 0. The fourth-order valence-corrected chi connectivity index (χ4v) is 4.93. The molecule has 2 rings (SSSR count). The minimum absolute atomic E-state index is 0.0855. The second kappa shape index (κ2) is 6.06. The quantitative estimate of drug-likeness (QED) is 0.709. The van der Waals surface area contributed by atoms with Gasteiger partial charge in [0.2, 0.25) is 0 Å². The molecule has 0 aliphatic heterocycles. The van der Waals surface area contributed by atoms with Crippen LogP contribution in [0.4, 0.5) is 0 Å². The lowest BCUT2D eigenvalue weighted by Crippen LogP contribution is -2.49. The molecule has 0 saturated heterocycles. The molecule has 1 fully saturated rings. The first-order valence-corrected chi connectivity index (χ1v) is 8.45. The predicted molar refractivity (Wildman–Crippen MR) is 91.6 cm³/mol. The largest absolute Gasteiger partial charge is 0.478 e. The maximum atomic E-state index is 11.7. The third kappa shape index (κ3) is 2.93. The monoisotopic (exact) mass is 302 g/mol. The fourth-order valence-electron chi connectivity index (χ4n) is 4.93. The molecule has 22 heavy (non-hydrogen) atoms. The summed E-state index contributed by atoms with van der Waals surface area (Å²) in [6, 6.07) is 0. The highest BCUT2D eigenvalue weighted by Gasteiger charge is 2.53. The van der Waals surface area contributed by atoms with Crippen LogP contribution in [0, 0.1) is 22.7 Å². The number of allylic oxidation sites excluding steroid dienone is 4. The van der Waals surface area contributed by atoms with E-state index in [1.165, 1.54) is 12.8 Å². The van der Waals surface area contributed by atoms with Crippen LogP contribution in [-0.2, 0) is 4.79 Å². The maximum Gasteiger partial charge on any atom is 0.331 e. The molecule has 0 spiro atoms. The van der Waals surface area contributed by atoms with Gasteiger partial charge in [-0.05, 0) is 55.3 Å². The van der Waals surface area contributed by atoms with E-state index in [0.29, 0.717) is 16.9 Å². The van der Waals surface area contributed by atoms with Crippen molar-refractivity contribution in [3.05, 3.63) is 36.0 Å². The predicted octanol–water partition coefficient (Wildman–Crippen LogP) is 5.37. The number of rotatable bonds is 4. The average molecular weight is 302 g/mol. The summed E-state index contributed by atoms with van der Waals surface area (Å²) in [5.74, 6) is -0.0600. The van der Waals surface area contributed by atoms with Crippen LogP contribution in [0.1, 0.15) is 59.8 Å². The summed E-state index contributed by atoms with van der Waals surface area (Å²) in [7, 11) is 0. The first kappa shape index (κ1) is 17.1. The number of carbonyl (C=O) groups is 1. The first-order valence-electron chi connectivity index (χ1n) is 8.45. The Kier molecular flexibility index (Phi) is 4.70. The van der Waals surface area contributed by atoms with Crippen molar-refractivity contribution >= 4 is 5.97 Å².